The van der Waals surface area contributed by atoms with Crippen molar-refractivity contribution < 1.29 is 44.8 Å². The zero-order valence-corrected chi connectivity index (χ0v) is 9.94. The minimum Gasteiger partial charge on any atom is -0.388 e. The Bertz CT molecular complexity index is 301. The van der Waals surface area contributed by atoms with Crippen LogP contribution in [0.25, 0.3) is 0 Å². The molecular weight excluding hydrogens is 264 g/mol. The Morgan fingerprint density at radius 3 is 2.16 bits per heavy atom. The molecule has 2 rings (SSSR count). The zero-order valence-electron chi connectivity index (χ0n) is 9.94. The van der Waals surface area contributed by atoms with Crippen LogP contribution in [0, 0.1) is 0 Å². The topological polar surface area (TPSA) is 149 Å². The van der Waals surface area contributed by atoms with Gasteiger partial charge in [0.15, 0.2) is 12.6 Å². The molecule has 2 saturated heterocycles. The molecule has 0 bridgehead atoms. The SMILES string of the molecule is O[C@@H]1[C@@H](OC[C@H]2O[C@H](O)[C@@H](O)[C@@H]2O)OC[C@H](O)[C@H]1O. The largest absolute Gasteiger partial charge is 0.388 e. The third-order valence-electron chi connectivity index (χ3n) is 3.22. The third-order valence-corrected chi connectivity index (χ3v) is 3.22. The van der Waals surface area contributed by atoms with Crippen molar-refractivity contribution in [1.82, 2.24) is 0 Å². The first-order chi connectivity index (χ1) is 8.91. The minimum absolute atomic E-state index is 0.206. The maximum atomic E-state index is 9.59. The van der Waals surface area contributed by atoms with Crippen molar-refractivity contribution in [3.05, 3.63) is 0 Å². The highest BCUT2D eigenvalue weighted by molar-refractivity contribution is 4.87. The van der Waals surface area contributed by atoms with Crippen molar-refractivity contribution in [3.8, 4) is 0 Å². The van der Waals surface area contributed by atoms with E-state index in [0.717, 1.165) is 0 Å². The number of aliphatic hydroxyl groups excluding tert-OH is 6. The summed E-state index contributed by atoms with van der Waals surface area (Å²) in [6, 6.07) is 0. The summed E-state index contributed by atoms with van der Waals surface area (Å²) in [6.45, 7) is -0.470. The Balaban J connectivity index is 1.83. The van der Waals surface area contributed by atoms with Crippen LogP contribution in [0.3, 0.4) is 0 Å². The van der Waals surface area contributed by atoms with E-state index in [9.17, 15) is 25.5 Å². The molecule has 0 unspecified atom stereocenters. The summed E-state index contributed by atoms with van der Waals surface area (Å²) in [5.41, 5.74) is 0. The summed E-state index contributed by atoms with van der Waals surface area (Å²) in [6.07, 6.45) is -10.5. The van der Waals surface area contributed by atoms with Gasteiger partial charge in [0.1, 0.15) is 36.6 Å². The molecule has 0 amide bonds. The molecule has 9 nitrogen and oxygen atoms in total. The zero-order chi connectivity index (χ0) is 14.2. The second kappa shape index (κ2) is 5.95. The summed E-state index contributed by atoms with van der Waals surface area (Å²) in [7, 11) is 0. The number of hydrogen-bond donors (Lipinski definition) is 6. The van der Waals surface area contributed by atoms with Crippen molar-refractivity contribution in [2.45, 2.75) is 49.2 Å². The predicted molar refractivity (Wildman–Crippen MR) is 56.6 cm³/mol. The van der Waals surface area contributed by atoms with E-state index in [2.05, 4.69) is 0 Å². The quantitative estimate of drug-likeness (QED) is 0.303. The van der Waals surface area contributed by atoms with Crippen LogP contribution in [0.4, 0.5) is 0 Å². The van der Waals surface area contributed by atoms with Gasteiger partial charge in [-0.15, -0.1) is 0 Å². The third kappa shape index (κ3) is 3.05. The molecule has 0 aromatic carbocycles. The van der Waals surface area contributed by atoms with Gasteiger partial charge in [-0.3, -0.25) is 0 Å². The normalized spacial score (nSPS) is 51.5. The molecule has 2 heterocycles. The van der Waals surface area contributed by atoms with E-state index >= 15 is 0 Å². The smallest absolute Gasteiger partial charge is 0.186 e. The van der Waals surface area contributed by atoms with Crippen molar-refractivity contribution in [2.24, 2.45) is 0 Å². The van der Waals surface area contributed by atoms with Crippen molar-refractivity contribution in [2.75, 3.05) is 13.2 Å². The van der Waals surface area contributed by atoms with Gasteiger partial charge in [-0.1, -0.05) is 0 Å². The molecule has 9 heteroatoms. The van der Waals surface area contributed by atoms with Gasteiger partial charge in [-0.25, -0.2) is 0 Å². The van der Waals surface area contributed by atoms with Crippen LogP contribution in [0.15, 0.2) is 0 Å². The van der Waals surface area contributed by atoms with Crippen LogP contribution in [0.1, 0.15) is 0 Å². The molecule has 0 aliphatic carbocycles. The monoisotopic (exact) mass is 282 g/mol. The van der Waals surface area contributed by atoms with Crippen molar-refractivity contribution in [1.29, 1.82) is 0 Å². The fourth-order valence-electron chi connectivity index (χ4n) is 1.98. The van der Waals surface area contributed by atoms with Gasteiger partial charge in [-0.05, 0) is 0 Å². The summed E-state index contributed by atoms with van der Waals surface area (Å²) >= 11 is 0. The summed E-state index contributed by atoms with van der Waals surface area (Å²) in [5, 5.41) is 56.2. The lowest BCUT2D eigenvalue weighted by molar-refractivity contribution is -0.278. The lowest BCUT2D eigenvalue weighted by Crippen LogP contribution is -2.54. The van der Waals surface area contributed by atoms with Gasteiger partial charge in [0.05, 0.1) is 13.2 Å². The van der Waals surface area contributed by atoms with E-state index in [4.69, 9.17) is 19.3 Å². The molecule has 0 spiro atoms. The summed E-state index contributed by atoms with van der Waals surface area (Å²) < 4.78 is 14.9. The fraction of sp³-hybridized carbons (Fsp3) is 1.00. The average molecular weight is 282 g/mol. The molecule has 8 atom stereocenters. The van der Waals surface area contributed by atoms with Crippen LogP contribution >= 0.6 is 0 Å². The van der Waals surface area contributed by atoms with E-state index in [1.807, 2.05) is 0 Å². The number of aliphatic hydroxyl groups is 6. The number of rotatable bonds is 3. The molecule has 0 saturated carbocycles. The molecule has 112 valence electrons. The van der Waals surface area contributed by atoms with E-state index in [0.29, 0.717) is 0 Å². The highest BCUT2D eigenvalue weighted by atomic mass is 16.7. The first kappa shape index (κ1) is 15.0. The fourth-order valence-corrected chi connectivity index (χ4v) is 1.98. The van der Waals surface area contributed by atoms with Gasteiger partial charge in [0.2, 0.25) is 0 Å². The van der Waals surface area contributed by atoms with E-state index in [1.165, 1.54) is 0 Å². The first-order valence-electron chi connectivity index (χ1n) is 5.89. The maximum absolute atomic E-state index is 9.59. The van der Waals surface area contributed by atoms with Crippen LogP contribution in [-0.2, 0) is 14.2 Å². The van der Waals surface area contributed by atoms with Crippen LogP contribution in [0.5, 0.6) is 0 Å². The average Bonchev–Trinajstić information content (AvgIpc) is 2.63. The van der Waals surface area contributed by atoms with E-state index < -0.39 is 49.2 Å². The lowest BCUT2D eigenvalue weighted by atomic mass is 10.1. The highest BCUT2D eigenvalue weighted by Gasteiger charge is 2.44. The first-order valence-corrected chi connectivity index (χ1v) is 5.89. The minimum atomic E-state index is -1.51. The molecule has 2 aliphatic heterocycles. The summed E-state index contributed by atoms with van der Waals surface area (Å²) in [5.74, 6) is 0. The Labute approximate surface area is 108 Å². The number of hydrogen-bond acceptors (Lipinski definition) is 9. The molecule has 0 aromatic rings. The molecule has 6 N–H and O–H groups in total. The van der Waals surface area contributed by atoms with Crippen molar-refractivity contribution >= 4 is 0 Å². The maximum Gasteiger partial charge on any atom is 0.186 e. The van der Waals surface area contributed by atoms with Crippen LogP contribution in [-0.4, -0.2) is 93.1 Å². The Kier molecular flexibility index (Phi) is 4.71. The van der Waals surface area contributed by atoms with Crippen LogP contribution < -0.4 is 0 Å². The van der Waals surface area contributed by atoms with Gasteiger partial charge >= 0.3 is 0 Å². The van der Waals surface area contributed by atoms with Crippen molar-refractivity contribution in [3.63, 3.8) is 0 Å². The van der Waals surface area contributed by atoms with Crippen LogP contribution in [0.2, 0.25) is 0 Å². The predicted octanol–water partition coefficient (Wildman–Crippen LogP) is -4.12. The van der Waals surface area contributed by atoms with E-state index in [-0.39, 0.29) is 13.2 Å². The molecule has 0 radical (unpaired) electrons. The highest BCUT2D eigenvalue weighted by Crippen LogP contribution is 2.22. The molecule has 19 heavy (non-hydrogen) atoms. The van der Waals surface area contributed by atoms with Gasteiger partial charge < -0.3 is 44.8 Å². The second-order valence-corrected chi connectivity index (χ2v) is 4.63. The summed E-state index contributed by atoms with van der Waals surface area (Å²) in [4.78, 5) is 0. The second-order valence-electron chi connectivity index (χ2n) is 4.63. The standard InChI is InChI=1S/C10H18O9/c11-3-1-17-10(8(15)5(3)12)18-2-4-6(13)7(14)9(16)19-4/h3-16H,1-2H2/t3-,4+,5+,6+,7-,8-,9-,10+/m0/s1. The Morgan fingerprint density at radius 2 is 1.58 bits per heavy atom. The Morgan fingerprint density at radius 1 is 0.895 bits per heavy atom. The lowest BCUT2D eigenvalue weighted by Gasteiger charge is -2.35. The molecular formula is C10H18O9. The van der Waals surface area contributed by atoms with Gasteiger partial charge in [-0.2, -0.15) is 0 Å². The molecule has 2 aliphatic rings. The van der Waals surface area contributed by atoms with Gasteiger partial charge in [0.25, 0.3) is 0 Å². The Hall–Kier alpha value is -0.360. The molecule has 2 fully saturated rings. The van der Waals surface area contributed by atoms with Gasteiger partial charge in [0, 0.05) is 0 Å². The molecule has 0 aromatic heterocycles. The van der Waals surface area contributed by atoms with E-state index in [1.54, 1.807) is 0 Å². The number of ether oxygens (including phenoxy) is 3.